The van der Waals surface area contributed by atoms with Crippen molar-refractivity contribution in [3.05, 3.63) is 65.5 Å². The van der Waals surface area contributed by atoms with Gasteiger partial charge in [0.05, 0.1) is 30.5 Å². The van der Waals surface area contributed by atoms with Gasteiger partial charge >= 0.3 is 0 Å². The lowest BCUT2D eigenvalue weighted by Crippen LogP contribution is -2.38. The molecule has 1 amide bonds. The number of carbonyl (C=O) groups excluding carboxylic acids is 1. The number of carbonyl (C=O) groups is 1. The molecule has 8 heteroatoms. The van der Waals surface area contributed by atoms with E-state index in [1.165, 1.54) is 0 Å². The molecule has 2 aromatic carbocycles. The number of amides is 1. The van der Waals surface area contributed by atoms with Gasteiger partial charge in [0.25, 0.3) is 5.91 Å². The summed E-state index contributed by atoms with van der Waals surface area (Å²) < 4.78 is 7.46. The molecule has 1 N–H and O–H groups in total. The number of aliphatic hydroxyl groups excluding tert-OH is 1. The van der Waals surface area contributed by atoms with Gasteiger partial charge in [0.1, 0.15) is 11.6 Å². The van der Waals surface area contributed by atoms with E-state index in [2.05, 4.69) is 11.8 Å². The Balaban J connectivity index is 1.35. The van der Waals surface area contributed by atoms with Gasteiger partial charge in [-0.25, -0.2) is 9.50 Å². The van der Waals surface area contributed by atoms with Crippen LogP contribution in [0.2, 0.25) is 0 Å². The number of benzene rings is 2. The monoisotopic (exact) mass is 499 g/mol. The van der Waals surface area contributed by atoms with Crippen molar-refractivity contribution in [3.8, 4) is 5.75 Å². The van der Waals surface area contributed by atoms with E-state index < -0.39 is 0 Å². The number of hydrogen-bond donors (Lipinski definition) is 1. The number of anilines is 1. The molecule has 4 heterocycles. The van der Waals surface area contributed by atoms with Gasteiger partial charge in [0.2, 0.25) is 0 Å². The van der Waals surface area contributed by atoms with Gasteiger partial charge in [-0.15, -0.1) is 0 Å². The van der Waals surface area contributed by atoms with Gasteiger partial charge in [-0.2, -0.15) is 5.10 Å². The Labute approximate surface area is 216 Å². The second kappa shape index (κ2) is 9.34. The van der Waals surface area contributed by atoms with E-state index in [1.807, 2.05) is 65.0 Å². The number of β-amino-alcohol motifs (C(OH)–C–C–N with tert-alkyl or cyclic N) is 1. The summed E-state index contributed by atoms with van der Waals surface area (Å²) in [5, 5.41) is 17.2. The molecule has 37 heavy (non-hydrogen) atoms. The molecule has 0 unspecified atom stereocenters. The first-order chi connectivity index (χ1) is 17.9. The molecule has 3 atom stereocenters. The molecule has 2 aromatic heterocycles. The number of aromatic nitrogens is 3. The predicted molar refractivity (Wildman–Crippen MR) is 143 cm³/mol. The summed E-state index contributed by atoms with van der Waals surface area (Å²) in [6.07, 6.45) is 4.51. The molecular weight excluding hydrogens is 466 g/mol. The Hall–Kier alpha value is -3.65. The maximum atomic E-state index is 13.9. The Morgan fingerprint density at radius 1 is 1.11 bits per heavy atom. The van der Waals surface area contributed by atoms with Gasteiger partial charge in [-0.05, 0) is 49.1 Å². The van der Waals surface area contributed by atoms with Crippen LogP contribution in [0, 0.1) is 12.8 Å². The zero-order chi connectivity index (χ0) is 25.7. The summed E-state index contributed by atoms with van der Waals surface area (Å²) >= 11 is 0. The van der Waals surface area contributed by atoms with Crippen LogP contribution < -0.4 is 9.64 Å². The fraction of sp³-hybridized carbons (Fsp3) is 0.414. The SMILES string of the molecule is COc1cc2ccccc2cc1C(=O)N1CCCC[C@H]1c1cc2nc(N3C[C@@H](C)[C@@H](O)C3)c(C)cn2n1. The second-order valence-electron chi connectivity index (χ2n) is 10.5. The lowest BCUT2D eigenvalue weighted by molar-refractivity contribution is 0.0602. The van der Waals surface area contributed by atoms with Crippen LogP contribution in [0.3, 0.4) is 0 Å². The molecule has 0 radical (unpaired) electrons. The Morgan fingerprint density at radius 3 is 2.62 bits per heavy atom. The highest BCUT2D eigenvalue weighted by Gasteiger charge is 2.33. The number of methoxy groups -OCH3 is 1. The summed E-state index contributed by atoms with van der Waals surface area (Å²) in [4.78, 5) is 23.0. The van der Waals surface area contributed by atoms with Crippen LogP contribution >= 0.6 is 0 Å². The average molecular weight is 500 g/mol. The number of hydrogen-bond acceptors (Lipinski definition) is 6. The van der Waals surface area contributed by atoms with Gasteiger partial charge < -0.3 is 19.6 Å². The molecule has 2 saturated heterocycles. The summed E-state index contributed by atoms with van der Waals surface area (Å²) in [5.74, 6) is 1.66. The highest BCUT2D eigenvalue weighted by atomic mass is 16.5. The fourth-order valence-electron chi connectivity index (χ4n) is 5.82. The number of piperidine rings is 1. The largest absolute Gasteiger partial charge is 0.496 e. The number of nitrogens with zero attached hydrogens (tertiary/aromatic N) is 5. The van der Waals surface area contributed by atoms with Crippen LogP contribution in [-0.4, -0.2) is 63.4 Å². The normalized spacial score (nSPS) is 22.2. The van der Waals surface area contributed by atoms with Crippen molar-refractivity contribution in [3.63, 3.8) is 0 Å². The summed E-state index contributed by atoms with van der Waals surface area (Å²) in [6.45, 7) is 6.14. The minimum Gasteiger partial charge on any atom is -0.496 e. The standard InChI is InChI=1S/C29H33N5O3/c1-18-15-32(17-25(18)35)28-19(2)16-34-27(30-28)14-23(31-34)24-10-6-7-11-33(24)29(36)22-12-20-8-4-5-9-21(20)13-26(22)37-3/h4-5,8-9,12-14,16,18,24-25,35H,6-7,10-11,15,17H2,1-3H3/t18-,24+,25+/m1/s1. The quantitative estimate of drug-likeness (QED) is 0.449. The molecule has 2 aliphatic heterocycles. The second-order valence-corrected chi connectivity index (χ2v) is 10.5. The molecule has 8 nitrogen and oxygen atoms in total. The molecule has 0 spiro atoms. The topological polar surface area (TPSA) is 83.2 Å². The molecular formula is C29H33N5O3. The molecule has 0 saturated carbocycles. The van der Waals surface area contributed by atoms with Crippen molar-refractivity contribution in [1.29, 1.82) is 0 Å². The lowest BCUT2D eigenvalue weighted by atomic mass is 9.97. The molecule has 6 rings (SSSR count). The van der Waals surface area contributed by atoms with Gasteiger partial charge in [0.15, 0.2) is 5.65 Å². The number of likely N-dealkylation sites (tertiary alicyclic amines) is 1. The highest BCUT2D eigenvalue weighted by molar-refractivity contribution is 6.01. The van der Waals surface area contributed by atoms with Gasteiger partial charge in [0, 0.05) is 43.4 Å². The van der Waals surface area contributed by atoms with E-state index in [0.29, 0.717) is 24.4 Å². The minimum absolute atomic E-state index is 0.0331. The van der Waals surface area contributed by atoms with E-state index in [4.69, 9.17) is 14.8 Å². The summed E-state index contributed by atoms with van der Waals surface area (Å²) in [5.41, 5.74) is 3.20. The van der Waals surface area contributed by atoms with Crippen molar-refractivity contribution in [2.75, 3.05) is 31.6 Å². The smallest absolute Gasteiger partial charge is 0.258 e. The molecule has 0 bridgehead atoms. The van der Waals surface area contributed by atoms with Crippen LogP contribution in [0.5, 0.6) is 5.75 Å². The fourth-order valence-corrected chi connectivity index (χ4v) is 5.82. The molecule has 4 aromatic rings. The number of ether oxygens (including phenoxy) is 1. The minimum atomic E-state index is -0.341. The van der Waals surface area contributed by atoms with E-state index in [-0.39, 0.29) is 24.0 Å². The maximum Gasteiger partial charge on any atom is 0.258 e. The van der Waals surface area contributed by atoms with Crippen LogP contribution in [0.25, 0.3) is 16.4 Å². The van der Waals surface area contributed by atoms with Gasteiger partial charge in [-0.1, -0.05) is 31.2 Å². The number of aliphatic hydroxyl groups is 1. The predicted octanol–water partition coefficient (Wildman–Crippen LogP) is 4.38. The molecule has 192 valence electrons. The van der Waals surface area contributed by atoms with Crippen LogP contribution in [0.15, 0.2) is 48.7 Å². The average Bonchev–Trinajstić information content (AvgIpc) is 3.48. The molecule has 2 fully saturated rings. The first-order valence-corrected chi connectivity index (χ1v) is 13.1. The first-order valence-electron chi connectivity index (χ1n) is 13.1. The van der Waals surface area contributed by atoms with Crippen molar-refractivity contribution in [2.45, 2.75) is 45.3 Å². The zero-order valence-corrected chi connectivity index (χ0v) is 21.6. The third kappa shape index (κ3) is 4.19. The van der Waals surface area contributed by atoms with E-state index in [1.54, 1.807) is 7.11 Å². The maximum absolute atomic E-state index is 13.9. The van der Waals surface area contributed by atoms with E-state index >= 15 is 0 Å². The molecule has 2 aliphatic rings. The lowest BCUT2D eigenvalue weighted by Gasteiger charge is -2.35. The number of aryl methyl sites for hydroxylation is 1. The Kier molecular flexibility index (Phi) is 5.99. The summed E-state index contributed by atoms with van der Waals surface area (Å²) in [7, 11) is 1.61. The molecule has 0 aliphatic carbocycles. The van der Waals surface area contributed by atoms with Crippen molar-refractivity contribution < 1.29 is 14.6 Å². The zero-order valence-electron chi connectivity index (χ0n) is 21.6. The number of fused-ring (bicyclic) bond motifs is 2. The van der Waals surface area contributed by atoms with Crippen LogP contribution in [0.1, 0.15) is 53.8 Å². The van der Waals surface area contributed by atoms with Crippen molar-refractivity contribution in [1.82, 2.24) is 19.5 Å². The Bertz CT molecular complexity index is 1470. The van der Waals surface area contributed by atoms with E-state index in [9.17, 15) is 9.90 Å². The van der Waals surface area contributed by atoms with Gasteiger partial charge in [-0.3, -0.25) is 4.79 Å². The summed E-state index contributed by atoms with van der Waals surface area (Å²) in [6, 6.07) is 13.8. The Morgan fingerprint density at radius 2 is 1.89 bits per heavy atom. The van der Waals surface area contributed by atoms with Crippen LogP contribution in [0.4, 0.5) is 5.82 Å². The van der Waals surface area contributed by atoms with Crippen LogP contribution in [-0.2, 0) is 0 Å². The third-order valence-electron chi connectivity index (χ3n) is 7.90. The third-order valence-corrected chi connectivity index (χ3v) is 7.90. The number of rotatable bonds is 4. The highest BCUT2D eigenvalue weighted by Crippen LogP contribution is 2.35. The first kappa shape index (κ1) is 23.7. The van der Waals surface area contributed by atoms with Crippen molar-refractivity contribution in [2.24, 2.45) is 5.92 Å². The van der Waals surface area contributed by atoms with E-state index in [0.717, 1.165) is 59.3 Å². The van der Waals surface area contributed by atoms with Crippen molar-refractivity contribution >= 4 is 28.1 Å².